The molecule has 0 spiro atoms. The van der Waals surface area contributed by atoms with Crippen molar-refractivity contribution < 1.29 is 4.79 Å². The molecule has 2 heterocycles. The highest BCUT2D eigenvalue weighted by atomic mass is 16.2. The first kappa shape index (κ1) is 16.1. The van der Waals surface area contributed by atoms with Crippen LogP contribution in [0.25, 0.3) is 0 Å². The number of rotatable bonds is 2. The van der Waals surface area contributed by atoms with E-state index in [0.29, 0.717) is 24.1 Å². The SMILES string of the molecule is Cc1cc(=O)c(C(=O)N2CCC[C@@H](C)c3ccccc32)cn1C1CC1. The van der Waals surface area contributed by atoms with E-state index in [2.05, 4.69) is 17.6 Å². The standard InChI is InChI=1S/C21H24N2O2/c1-14-6-5-11-22(19-8-4-3-7-17(14)19)21(25)18-13-23(16-9-10-16)15(2)12-20(18)24/h3-4,7-8,12-14,16H,5-6,9-11H2,1-2H3/t14-/m1/s1. The topological polar surface area (TPSA) is 42.3 Å². The molecule has 0 radical (unpaired) electrons. The molecule has 4 heteroatoms. The second kappa shape index (κ2) is 6.17. The number of fused-ring (bicyclic) bond motifs is 1. The minimum atomic E-state index is -0.172. The van der Waals surface area contributed by atoms with Crippen molar-refractivity contribution in [2.75, 3.05) is 11.4 Å². The number of anilines is 1. The van der Waals surface area contributed by atoms with Gasteiger partial charge in [-0.1, -0.05) is 25.1 Å². The first-order chi connectivity index (χ1) is 12.1. The monoisotopic (exact) mass is 336 g/mol. The van der Waals surface area contributed by atoms with Crippen molar-refractivity contribution in [2.45, 2.75) is 51.5 Å². The molecule has 25 heavy (non-hydrogen) atoms. The summed E-state index contributed by atoms with van der Waals surface area (Å²) in [6.07, 6.45) is 6.04. The Bertz CT molecular complexity index is 880. The van der Waals surface area contributed by atoms with Crippen molar-refractivity contribution in [3.63, 3.8) is 0 Å². The van der Waals surface area contributed by atoms with Gasteiger partial charge in [-0.15, -0.1) is 0 Å². The van der Waals surface area contributed by atoms with Gasteiger partial charge >= 0.3 is 0 Å². The lowest BCUT2D eigenvalue weighted by molar-refractivity contribution is 0.0985. The van der Waals surface area contributed by atoms with Gasteiger partial charge in [-0.25, -0.2) is 0 Å². The van der Waals surface area contributed by atoms with Gasteiger partial charge < -0.3 is 9.47 Å². The summed E-state index contributed by atoms with van der Waals surface area (Å²) in [7, 11) is 0. The van der Waals surface area contributed by atoms with Crippen molar-refractivity contribution in [2.24, 2.45) is 0 Å². The largest absolute Gasteiger partial charge is 0.348 e. The van der Waals surface area contributed by atoms with Crippen LogP contribution in [0, 0.1) is 6.92 Å². The minimum absolute atomic E-state index is 0.166. The minimum Gasteiger partial charge on any atom is -0.348 e. The molecular formula is C21H24N2O2. The number of carbonyl (C=O) groups excluding carboxylic acids is 1. The molecule has 0 unspecified atom stereocenters. The van der Waals surface area contributed by atoms with Crippen molar-refractivity contribution in [1.29, 1.82) is 0 Å². The Balaban J connectivity index is 1.77. The van der Waals surface area contributed by atoms with Crippen LogP contribution in [0.1, 0.15) is 66.2 Å². The van der Waals surface area contributed by atoms with E-state index in [9.17, 15) is 9.59 Å². The molecule has 2 aliphatic rings. The molecule has 1 fully saturated rings. The third kappa shape index (κ3) is 2.90. The summed E-state index contributed by atoms with van der Waals surface area (Å²) in [5.41, 5.74) is 3.21. The summed E-state index contributed by atoms with van der Waals surface area (Å²) in [5.74, 6) is 0.260. The average molecular weight is 336 g/mol. The van der Waals surface area contributed by atoms with Crippen molar-refractivity contribution in [3.05, 3.63) is 63.6 Å². The third-order valence-corrected chi connectivity index (χ3v) is 5.47. The van der Waals surface area contributed by atoms with Gasteiger partial charge in [-0.3, -0.25) is 9.59 Å². The molecule has 4 nitrogen and oxygen atoms in total. The lowest BCUT2D eigenvalue weighted by atomic mass is 9.96. The highest BCUT2D eigenvalue weighted by Crippen LogP contribution is 2.36. The quantitative estimate of drug-likeness (QED) is 0.831. The van der Waals surface area contributed by atoms with E-state index in [0.717, 1.165) is 37.1 Å². The maximum Gasteiger partial charge on any atom is 0.263 e. The van der Waals surface area contributed by atoms with E-state index in [1.807, 2.05) is 30.0 Å². The van der Waals surface area contributed by atoms with Gasteiger partial charge in [0, 0.05) is 36.2 Å². The van der Waals surface area contributed by atoms with Gasteiger partial charge in [-0.05, 0) is 50.2 Å². The zero-order chi connectivity index (χ0) is 17.6. The fourth-order valence-corrected chi connectivity index (χ4v) is 3.89. The Morgan fingerprint density at radius 2 is 1.92 bits per heavy atom. The third-order valence-electron chi connectivity index (χ3n) is 5.47. The Morgan fingerprint density at radius 3 is 2.68 bits per heavy atom. The van der Waals surface area contributed by atoms with Crippen LogP contribution in [-0.4, -0.2) is 17.0 Å². The normalized spacial score (nSPS) is 20.1. The molecule has 1 aliphatic heterocycles. The summed E-state index contributed by atoms with van der Waals surface area (Å²) < 4.78 is 2.10. The number of amides is 1. The van der Waals surface area contributed by atoms with Gasteiger partial charge in [0.1, 0.15) is 5.56 Å². The molecule has 0 N–H and O–H groups in total. The zero-order valence-corrected chi connectivity index (χ0v) is 14.9. The second-order valence-corrected chi connectivity index (χ2v) is 7.39. The van der Waals surface area contributed by atoms with Gasteiger partial charge in [0.25, 0.3) is 5.91 Å². The van der Waals surface area contributed by atoms with Crippen LogP contribution in [0.5, 0.6) is 0 Å². The van der Waals surface area contributed by atoms with E-state index in [4.69, 9.17) is 0 Å². The molecule has 1 atom stereocenters. The molecule has 0 saturated heterocycles. The van der Waals surface area contributed by atoms with E-state index >= 15 is 0 Å². The van der Waals surface area contributed by atoms with Crippen LogP contribution < -0.4 is 10.3 Å². The number of carbonyl (C=O) groups is 1. The smallest absolute Gasteiger partial charge is 0.263 e. The van der Waals surface area contributed by atoms with Gasteiger partial charge in [0.2, 0.25) is 0 Å². The number of aromatic nitrogens is 1. The first-order valence-corrected chi connectivity index (χ1v) is 9.20. The number of hydrogen-bond acceptors (Lipinski definition) is 2. The number of nitrogens with zero attached hydrogens (tertiary/aromatic N) is 2. The number of hydrogen-bond donors (Lipinski definition) is 0. The molecule has 0 bridgehead atoms. The van der Waals surface area contributed by atoms with Crippen LogP contribution in [-0.2, 0) is 0 Å². The van der Waals surface area contributed by atoms with Crippen LogP contribution in [0.3, 0.4) is 0 Å². The van der Waals surface area contributed by atoms with Crippen LogP contribution in [0.4, 0.5) is 5.69 Å². The number of para-hydroxylation sites is 1. The average Bonchev–Trinajstić information content (AvgIpc) is 3.43. The Labute approximate surface area is 148 Å². The Kier molecular flexibility index (Phi) is 3.98. The highest BCUT2D eigenvalue weighted by Gasteiger charge is 2.29. The van der Waals surface area contributed by atoms with Crippen LogP contribution in [0.15, 0.2) is 41.3 Å². The van der Waals surface area contributed by atoms with Crippen molar-refractivity contribution >= 4 is 11.6 Å². The summed E-state index contributed by atoms with van der Waals surface area (Å²) in [6, 6.07) is 10.1. The van der Waals surface area contributed by atoms with Crippen molar-refractivity contribution in [1.82, 2.24) is 4.57 Å². The summed E-state index contributed by atoms with van der Waals surface area (Å²) in [5, 5.41) is 0. The fraction of sp³-hybridized carbons (Fsp3) is 0.429. The van der Waals surface area contributed by atoms with E-state index < -0.39 is 0 Å². The molecule has 1 amide bonds. The molecule has 1 aromatic heterocycles. The van der Waals surface area contributed by atoms with E-state index in [1.54, 1.807) is 12.3 Å². The molecule has 4 rings (SSSR count). The fourth-order valence-electron chi connectivity index (χ4n) is 3.89. The second-order valence-electron chi connectivity index (χ2n) is 7.39. The maximum atomic E-state index is 13.3. The molecular weight excluding hydrogens is 312 g/mol. The van der Waals surface area contributed by atoms with E-state index in [1.165, 1.54) is 5.56 Å². The summed E-state index contributed by atoms with van der Waals surface area (Å²) in [4.78, 5) is 27.6. The molecule has 130 valence electrons. The lowest BCUT2D eigenvalue weighted by Crippen LogP contribution is -2.35. The van der Waals surface area contributed by atoms with Gasteiger partial charge in [-0.2, -0.15) is 0 Å². The predicted molar refractivity (Wildman–Crippen MR) is 99.5 cm³/mol. The molecule has 1 saturated carbocycles. The van der Waals surface area contributed by atoms with Crippen LogP contribution in [0.2, 0.25) is 0 Å². The van der Waals surface area contributed by atoms with E-state index in [-0.39, 0.29) is 11.3 Å². The van der Waals surface area contributed by atoms with Crippen molar-refractivity contribution in [3.8, 4) is 0 Å². The van der Waals surface area contributed by atoms with Gasteiger partial charge in [0.15, 0.2) is 5.43 Å². The lowest BCUT2D eigenvalue weighted by Gasteiger charge is -2.24. The summed E-state index contributed by atoms with van der Waals surface area (Å²) >= 11 is 0. The number of benzene rings is 1. The molecule has 2 aromatic rings. The maximum absolute atomic E-state index is 13.3. The van der Waals surface area contributed by atoms with Crippen LogP contribution >= 0.6 is 0 Å². The Morgan fingerprint density at radius 1 is 1.16 bits per heavy atom. The zero-order valence-electron chi connectivity index (χ0n) is 14.9. The van der Waals surface area contributed by atoms with Gasteiger partial charge in [0.05, 0.1) is 0 Å². The highest BCUT2D eigenvalue weighted by molar-refractivity contribution is 6.06. The predicted octanol–water partition coefficient (Wildman–Crippen LogP) is 4.04. The molecule has 1 aliphatic carbocycles. The number of pyridine rings is 1. The first-order valence-electron chi connectivity index (χ1n) is 9.20. The molecule has 1 aromatic carbocycles. The Hall–Kier alpha value is -2.36. The number of aryl methyl sites for hydroxylation is 1. The summed E-state index contributed by atoms with van der Waals surface area (Å²) in [6.45, 7) is 4.81.